The number of amides is 2. The number of pyridine rings is 1. The zero-order valence-electron chi connectivity index (χ0n) is 20.1. The van der Waals surface area contributed by atoms with Gasteiger partial charge in [0.15, 0.2) is 0 Å². The highest BCUT2D eigenvalue weighted by Gasteiger charge is 2.38. The summed E-state index contributed by atoms with van der Waals surface area (Å²) in [4.78, 5) is 18.1. The fraction of sp³-hybridized carbons (Fsp3) is 0.500. The molecule has 0 saturated carbocycles. The van der Waals surface area contributed by atoms with Crippen molar-refractivity contribution in [2.45, 2.75) is 44.2 Å². The Labute approximate surface area is 201 Å². The van der Waals surface area contributed by atoms with E-state index in [0.717, 1.165) is 17.5 Å². The fourth-order valence-electron chi connectivity index (χ4n) is 3.89. The van der Waals surface area contributed by atoms with Crippen molar-refractivity contribution < 1.29 is 23.1 Å². The van der Waals surface area contributed by atoms with E-state index < -0.39 is 22.2 Å². The van der Waals surface area contributed by atoms with Crippen molar-refractivity contribution in [3.8, 4) is 16.9 Å². The highest BCUT2D eigenvalue weighted by atomic mass is 32.2. The molecule has 0 spiro atoms. The van der Waals surface area contributed by atoms with Crippen LogP contribution in [0.25, 0.3) is 11.1 Å². The zero-order chi connectivity index (χ0) is 24.9. The van der Waals surface area contributed by atoms with E-state index in [0.29, 0.717) is 6.54 Å². The number of ether oxygens (including phenoxy) is 1. The molecule has 2 amide bonds. The Hall–Kier alpha value is -2.69. The quantitative estimate of drug-likeness (QED) is 0.617. The Kier molecular flexibility index (Phi) is 8.51. The number of fused-ring (bicyclic) bond motifs is 1. The summed E-state index contributed by atoms with van der Waals surface area (Å²) in [5.41, 5.74) is 1.67. The molecule has 0 aliphatic carbocycles. The average Bonchev–Trinajstić information content (AvgIpc) is 2.84. The second-order valence-electron chi connectivity index (χ2n) is 8.75. The number of hydrogen-bond acceptors (Lipinski definition) is 6. The minimum absolute atomic E-state index is 0.0422. The SMILES string of the molecule is CCCNC(=O)N(C)C[C@H]1Oc2cc(-c3ccncc3)ccc2S(=O)(=O)N([C@H](C)CO)C[C@H]1C. The first-order valence-electron chi connectivity index (χ1n) is 11.5. The van der Waals surface area contributed by atoms with Crippen molar-refractivity contribution in [3.63, 3.8) is 0 Å². The molecule has 2 heterocycles. The summed E-state index contributed by atoms with van der Waals surface area (Å²) in [5, 5.41) is 12.6. The third-order valence-corrected chi connectivity index (χ3v) is 8.03. The summed E-state index contributed by atoms with van der Waals surface area (Å²) in [6.45, 7) is 6.25. The molecule has 1 aliphatic rings. The minimum atomic E-state index is -3.92. The molecule has 1 aliphatic heterocycles. The fourth-order valence-corrected chi connectivity index (χ4v) is 5.71. The number of nitrogens with one attached hydrogen (secondary N) is 1. The second-order valence-corrected chi connectivity index (χ2v) is 10.6. The molecular formula is C24H34N4O5S. The van der Waals surface area contributed by atoms with E-state index in [9.17, 15) is 18.3 Å². The van der Waals surface area contributed by atoms with E-state index in [4.69, 9.17) is 4.74 Å². The van der Waals surface area contributed by atoms with E-state index in [-0.39, 0.29) is 42.3 Å². The first kappa shape index (κ1) is 25.9. The number of aromatic nitrogens is 1. The van der Waals surface area contributed by atoms with Crippen LogP contribution in [0.15, 0.2) is 47.6 Å². The van der Waals surface area contributed by atoms with Gasteiger partial charge in [-0.15, -0.1) is 0 Å². The highest BCUT2D eigenvalue weighted by molar-refractivity contribution is 7.89. The lowest BCUT2D eigenvalue weighted by Crippen LogP contribution is -2.51. The largest absolute Gasteiger partial charge is 0.487 e. The van der Waals surface area contributed by atoms with Crippen LogP contribution < -0.4 is 10.1 Å². The lowest BCUT2D eigenvalue weighted by atomic mass is 10.0. The summed E-state index contributed by atoms with van der Waals surface area (Å²) in [6.07, 6.45) is 3.70. The molecule has 186 valence electrons. The van der Waals surface area contributed by atoms with Gasteiger partial charge in [0, 0.05) is 44.5 Å². The molecule has 3 atom stereocenters. The molecule has 10 heteroatoms. The van der Waals surface area contributed by atoms with Gasteiger partial charge in [-0.2, -0.15) is 4.31 Å². The average molecular weight is 491 g/mol. The number of benzene rings is 1. The van der Waals surface area contributed by atoms with Crippen LogP contribution in [0.3, 0.4) is 0 Å². The number of sulfonamides is 1. The molecule has 2 aromatic rings. The molecule has 0 bridgehead atoms. The Morgan fingerprint density at radius 2 is 2.00 bits per heavy atom. The number of aliphatic hydroxyl groups excluding tert-OH is 1. The summed E-state index contributed by atoms with van der Waals surface area (Å²) >= 11 is 0. The van der Waals surface area contributed by atoms with Gasteiger partial charge in [0.05, 0.1) is 13.2 Å². The van der Waals surface area contributed by atoms with Gasteiger partial charge in [-0.1, -0.05) is 19.9 Å². The number of hydrogen-bond donors (Lipinski definition) is 2. The number of rotatable bonds is 7. The summed E-state index contributed by atoms with van der Waals surface area (Å²) in [5.74, 6) is -0.0219. The lowest BCUT2D eigenvalue weighted by Gasteiger charge is -2.37. The molecule has 0 saturated heterocycles. The van der Waals surface area contributed by atoms with Crippen LogP contribution in [0.4, 0.5) is 4.79 Å². The number of carbonyl (C=O) groups excluding carboxylic acids is 1. The van der Waals surface area contributed by atoms with E-state index in [1.807, 2.05) is 26.0 Å². The predicted octanol–water partition coefficient (Wildman–Crippen LogP) is 2.57. The van der Waals surface area contributed by atoms with Crippen molar-refractivity contribution in [2.24, 2.45) is 5.92 Å². The van der Waals surface area contributed by atoms with E-state index in [1.165, 1.54) is 4.31 Å². The van der Waals surface area contributed by atoms with Crippen molar-refractivity contribution in [1.29, 1.82) is 0 Å². The van der Waals surface area contributed by atoms with Crippen molar-refractivity contribution >= 4 is 16.1 Å². The number of likely N-dealkylation sites (N-methyl/N-ethyl adjacent to an activating group) is 1. The molecule has 0 fully saturated rings. The molecule has 3 rings (SSSR count). The molecule has 2 N–H and O–H groups in total. The topological polar surface area (TPSA) is 112 Å². The van der Waals surface area contributed by atoms with Gasteiger partial charge in [0.25, 0.3) is 0 Å². The van der Waals surface area contributed by atoms with Crippen molar-refractivity contribution in [3.05, 3.63) is 42.7 Å². The Morgan fingerprint density at radius 1 is 1.29 bits per heavy atom. The molecule has 34 heavy (non-hydrogen) atoms. The third-order valence-electron chi connectivity index (χ3n) is 6.01. The Balaban J connectivity index is 2.04. The van der Waals surface area contributed by atoms with Crippen LogP contribution in [-0.4, -0.2) is 79.2 Å². The molecule has 0 unspecified atom stereocenters. The summed E-state index contributed by atoms with van der Waals surface area (Å²) in [7, 11) is -2.23. The monoisotopic (exact) mass is 490 g/mol. The third kappa shape index (κ3) is 5.68. The second kappa shape index (κ2) is 11.2. The highest BCUT2D eigenvalue weighted by Crippen LogP contribution is 2.36. The zero-order valence-corrected chi connectivity index (χ0v) is 21.0. The summed E-state index contributed by atoms with van der Waals surface area (Å²) in [6, 6.07) is 7.86. The van der Waals surface area contributed by atoms with Crippen molar-refractivity contribution in [2.75, 3.05) is 33.3 Å². The Morgan fingerprint density at radius 3 is 2.65 bits per heavy atom. The van der Waals surface area contributed by atoms with Gasteiger partial charge in [-0.25, -0.2) is 13.2 Å². The van der Waals surface area contributed by atoms with Gasteiger partial charge < -0.3 is 20.1 Å². The predicted molar refractivity (Wildman–Crippen MR) is 130 cm³/mol. The molecular weight excluding hydrogens is 456 g/mol. The van der Waals surface area contributed by atoms with Gasteiger partial charge in [-0.3, -0.25) is 4.98 Å². The van der Waals surface area contributed by atoms with E-state index in [1.54, 1.807) is 49.5 Å². The van der Waals surface area contributed by atoms with Crippen LogP contribution >= 0.6 is 0 Å². The van der Waals surface area contributed by atoms with E-state index >= 15 is 0 Å². The molecule has 1 aromatic carbocycles. The number of aliphatic hydroxyl groups is 1. The molecule has 1 aromatic heterocycles. The number of carbonyl (C=O) groups is 1. The number of urea groups is 1. The van der Waals surface area contributed by atoms with Crippen molar-refractivity contribution in [1.82, 2.24) is 19.5 Å². The smallest absolute Gasteiger partial charge is 0.317 e. The standard InChI is InChI=1S/C24H34N4O5S/c1-5-10-26-24(30)27(4)15-22-17(2)14-28(18(3)16-29)34(31,32)23-7-6-20(13-21(23)33-22)19-8-11-25-12-9-19/h6-9,11-13,17-18,22,29H,5,10,14-16H2,1-4H3,(H,26,30)/t17-,18-,22-/m1/s1. The van der Waals surface area contributed by atoms with Gasteiger partial charge >= 0.3 is 6.03 Å². The van der Waals surface area contributed by atoms with Crippen LogP contribution in [-0.2, 0) is 10.0 Å². The van der Waals surface area contributed by atoms with Gasteiger partial charge in [0.2, 0.25) is 10.0 Å². The normalized spacial score (nSPS) is 20.9. The maximum Gasteiger partial charge on any atom is 0.317 e. The maximum atomic E-state index is 13.6. The molecule has 9 nitrogen and oxygen atoms in total. The summed E-state index contributed by atoms with van der Waals surface area (Å²) < 4.78 is 34.8. The van der Waals surface area contributed by atoms with Crippen LogP contribution in [0.1, 0.15) is 27.2 Å². The van der Waals surface area contributed by atoms with E-state index in [2.05, 4.69) is 10.3 Å². The van der Waals surface area contributed by atoms with Gasteiger partial charge in [0.1, 0.15) is 16.7 Å². The van der Waals surface area contributed by atoms with Crippen LogP contribution in [0, 0.1) is 5.92 Å². The van der Waals surface area contributed by atoms with Crippen LogP contribution in [0.2, 0.25) is 0 Å². The Bertz CT molecular complexity index is 1080. The molecule has 0 radical (unpaired) electrons. The van der Waals surface area contributed by atoms with Crippen LogP contribution in [0.5, 0.6) is 5.75 Å². The lowest BCUT2D eigenvalue weighted by molar-refractivity contribution is 0.0813. The maximum absolute atomic E-state index is 13.6. The van der Waals surface area contributed by atoms with Gasteiger partial charge in [-0.05, 0) is 48.7 Å². The minimum Gasteiger partial charge on any atom is -0.487 e. The first-order valence-corrected chi connectivity index (χ1v) is 13.0. The number of nitrogens with zero attached hydrogens (tertiary/aromatic N) is 3. The first-order chi connectivity index (χ1) is 16.2.